The minimum atomic E-state index is -1.79. The van der Waals surface area contributed by atoms with E-state index in [0.717, 1.165) is 12.1 Å². The summed E-state index contributed by atoms with van der Waals surface area (Å²) in [7, 11) is 0. The number of hydrogen-bond donors (Lipinski definition) is 7. The summed E-state index contributed by atoms with van der Waals surface area (Å²) in [6, 6.07) is 2.16. The van der Waals surface area contributed by atoms with Gasteiger partial charge in [-0.3, -0.25) is 9.59 Å². The molecule has 1 aliphatic carbocycles. The molecule has 7 N–H and O–H groups in total. The Morgan fingerprint density at radius 2 is 1.55 bits per heavy atom. The molecule has 0 bridgehead atoms. The number of benzene rings is 2. The maximum atomic E-state index is 13.4. The smallest absolute Gasteiger partial charge is 0.229 e. The lowest BCUT2D eigenvalue weighted by Crippen LogP contribution is -2.60. The highest BCUT2D eigenvalue weighted by Gasteiger charge is 2.46. The first-order valence-corrected chi connectivity index (χ1v) is 9.98. The molecule has 1 heterocycles. The van der Waals surface area contributed by atoms with Crippen LogP contribution in [0.5, 0.6) is 23.0 Å². The monoisotopic (exact) mass is 462 g/mol. The van der Waals surface area contributed by atoms with Crippen LogP contribution in [-0.4, -0.2) is 84.6 Å². The fourth-order valence-corrected chi connectivity index (χ4v) is 4.08. The first kappa shape index (κ1) is 23.0. The van der Waals surface area contributed by atoms with Crippen molar-refractivity contribution in [1.82, 2.24) is 0 Å². The van der Waals surface area contributed by atoms with E-state index >= 15 is 0 Å². The van der Waals surface area contributed by atoms with Gasteiger partial charge in [-0.1, -0.05) is 0 Å². The van der Waals surface area contributed by atoms with Gasteiger partial charge in [0, 0.05) is 11.1 Å². The molecule has 176 valence electrons. The van der Waals surface area contributed by atoms with Crippen LogP contribution in [-0.2, 0) is 4.74 Å². The van der Waals surface area contributed by atoms with Gasteiger partial charge in [-0.25, -0.2) is 0 Å². The van der Waals surface area contributed by atoms with E-state index in [1.54, 1.807) is 0 Å². The van der Waals surface area contributed by atoms with Gasteiger partial charge in [0.05, 0.1) is 23.3 Å². The van der Waals surface area contributed by atoms with Gasteiger partial charge in [0.15, 0.2) is 5.78 Å². The van der Waals surface area contributed by atoms with Gasteiger partial charge in [0.1, 0.15) is 47.4 Å². The van der Waals surface area contributed by atoms with Crippen LogP contribution in [0.15, 0.2) is 12.1 Å². The van der Waals surface area contributed by atoms with Crippen molar-refractivity contribution in [1.29, 1.82) is 0 Å². The van der Waals surface area contributed by atoms with Crippen molar-refractivity contribution in [3.63, 3.8) is 0 Å². The average Bonchev–Trinajstić information content (AvgIpc) is 2.77. The summed E-state index contributed by atoms with van der Waals surface area (Å²) < 4.78 is 11.0. The van der Waals surface area contributed by atoms with Gasteiger partial charge in [0.25, 0.3) is 0 Å². The molecule has 0 aromatic heterocycles. The van der Waals surface area contributed by atoms with E-state index in [1.807, 2.05) is 0 Å². The van der Waals surface area contributed by atoms with E-state index in [2.05, 4.69) is 0 Å². The molecule has 1 fully saturated rings. The predicted molar refractivity (Wildman–Crippen MR) is 109 cm³/mol. The third-order valence-electron chi connectivity index (χ3n) is 5.98. The number of ether oxygens (including phenoxy) is 2. The molecule has 2 aliphatic rings. The maximum absolute atomic E-state index is 13.4. The molecule has 0 spiro atoms. The molecule has 11 nitrogen and oxygen atoms in total. The molecule has 0 saturated carbocycles. The number of aliphatic hydroxyl groups is 4. The molecular weight excluding hydrogens is 440 g/mol. The molecule has 4 rings (SSSR count). The standard InChI is InChI=1S/C22H22O11/c1-6-3-10(25)13-14(18(29)12-8(16(13)27)4-9(24)7(2)15(12)26)21(6)33-22-20(31)19(30)17(28)11(5-23)32-22/h3-4,11,17,19-20,22-26,28,30-31H,5H2,1-2H3. The number of carbonyl (C=O) groups excluding carboxylic acids is 2. The summed E-state index contributed by atoms with van der Waals surface area (Å²) in [6.07, 6.45) is -8.12. The minimum absolute atomic E-state index is 0.0355. The van der Waals surface area contributed by atoms with E-state index in [-0.39, 0.29) is 22.4 Å². The summed E-state index contributed by atoms with van der Waals surface area (Å²) in [6.45, 7) is 2.07. The topological polar surface area (TPSA) is 194 Å². The molecule has 2 aromatic rings. The lowest BCUT2D eigenvalue weighted by Gasteiger charge is -2.40. The first-order chi connectivity index (χ1) is 15.5. The van der Waals surface area contributed by atoms with Gasteiger partial charge < -0.3 is 45.2 Å². The van der Waals surface area contributed by atoms with Crippen molar-refractivity contribution in [2.75, 3.05) is 6.61 Å². The van der Waals surface area contributed by atoms with Crippen molar-refractivity contribution >= 4 is 11.6 Å². The molecular formula is C22H22O11. The van der Waals surface area contributed by atoms with E-state index in [4.69, 9.17) is 9.47 Å². The van der Waals surface area contributed by atoms with Crippen LogP contribution in [0.1, 0.15) is 43.0 Å². The molecule has 1 aliphatic heterocycles. The van der Waals surface area contributed by atoms with Crippen LogP contribution < -0.4 is 4.74 Å². The zero-order valence-corrected chi connectivity index (χ0v) is 17.5. The number of hydrogen-bond acceptors (Lipinski definition) is 11. The number of phenols is 3. The average molecular weight is 462 g/mol. The summed E-state index contributed by atoms with van der Waals surface area (Å²) in [5.74, 6) is -3.61. The minimum Gasteiger partial charge on any atom is -0.508 e. The summed E-state index contributed by atoms with van der Waals surface area (Å²) in [4.78, 5) is 26.5. The molecule has 5 unspecified atom stereocenters. The van der Waals surface area contributed by atoms with Crippen LogP contribution in [0.3, 0.4) is 0 Å². The highest BCUT2D eigenvalue weighted by atomic mass is 16.7. The maximum Gasteiger partial charge on any atom is 0.229 e. The predicted octanol–water partition coefficient (Wildman–Crippen LogP) is -0.626. The SMILES string of the molecule is Cc1cc(O)c2c(c1OC1OC(CO)C(O)C(O)C1O)C(=O)c1c(cc(O)c(C)c1O)C2=O. The fourth-order valence-electron chi connectivity index (χ4n) is 4.08. The second-order valence-corrected chi connectivity index (χ2v) is 8.06. The Morgan fingerprint density at radius 3 is 2.18 bits per heavy atom. The van der Waals surface area contributed by atoms with Crippen molar-refractivity contribution in [2.45, 2.75) is 44.6 Å². The number of fused-ring (bicyclic) bond motifs is 2. The Bertz CT molecular complexity index is 1170. The van der Waals surface area contributed by atoms with Crippen molar-refractivity contribution < 1.29 is 54.8 Å². The Labute approximate surface area is 186 Å². The normalized spacial score (nSPS) is 26.7. The fraction of sp³-hybridized carbons (Fsp3) is 0.364. The zero-order valence-electron chi connectivity index (χ0n) is 17.5. The third kappa shape index (κ3) is 3.33. The summed E-state index contributed by atoms with van der Waals surface area (Å²) in [5.41, 5.74) is -1.45. The van der Waals surface area contributed by atoms with Crippen molar-refractivity contribution in [3.05, 3.63) is 45.5 Å². The van der Waals surface area contributed by atoms with Gasteiger partial charge in [-0.2, -0.15) is 0 Å². The Balaban J connectivity index is 1.87. The highest BCUT2D eigenvalue weighted by molar-refractivity contribution is 6.31. The lowest BCUT2D eigenvalue weighted by atomic mass is 9.80. The van der Waals surface area contributed by atoms with Gasteiger partial charge in [-0.15, -0.1) is 0 Å². The van der Waals surface area contributed by atoms with Crippen LogP contribution >= 0.6 is 0 Å². The number of rotatable bonds is 3. The van der Waals surface area contributed by atoms with Crippen LogP contribution in [0.2, 0.25) is 0 Å². The number of phenolic OH excluding ortho intramolecular Hbond substituents is 3. The van der Waals surface area contributed by atoms with Crippen LogP contribution in [0, 0.1) is 13.8 Å². The molecule has 2 aromatic carbocycles. The molecule has 0 amide bonds. The first-order valence-electron chi connectivity index (χ1n) is 9.98. The second kappa shape index (κ2) is 7.97. The van der Waals surface area contributed by atoms with E-state index in [9.17, 15) is 45.3 Å². The number of ketones is 2. The molecule has 33 heavy (non-hydrogen) atoms. The zero-order chi connectivity index (χ0) is 24.4. The highest BCUT2D eigenvalue weighted by Crippen LogP contribution is 2.45. The summed E-state index contributed by atoms with van der Waals surface area (Å²) in [5, 5.41) is 70.6. The number of carbonyl (C=O) groups is 2. The molecule has 11 heteroatoms. The van der Waals surface area contributed by atoms with E-state index < -0.39 is 82.8 Å². The lowest BCUT2D eigenvalue weighted by molar-refractivity contribution is -0.277. The van der Waals surface area contributed by atoms with Crippen molar-refractivity contribution in [2.24, 2.45) is 0 Å². The Morgan fingerprint density at radius 1 is 0.879 bits per heavy atom. The second-order valence-electron chi connectivity index (χ2n) is 8.06. The Kier molecular flexibility index (Phi) is 5.55. The molecule has 1 saturated heterocycles. The quantitative estimate of drug-likeness (QED) is 0.262. The van der Waals surface area contributed by atoms with E-state index in [1.165, 1.54) is 13.8 Å². The van der Waals surface area contributed by atoms with Crippen LogP contribution in [0.25, 0.3) is 0 Å². The third-order valence-corrected chi connectivity index (χ3v) is 5.98. The van der Waals surface area contributed by atoms with Gasteiger partial charge in [-0.05, 0) is 31.5 Å². The largest absolute Gasteiger partial charge is 0.508 e. The van der Waals surface area contributed by atoms with Crippen molar-refractivity contribution in [3.8, 4) is 23.0 Å². The Hall–Kier alpha value is -3.22. The van der Waals surface area contributed by atoms with E-state index in [0.29, 0.717) is 0 Å². The number of aromatic hydroxyl groups is 3. The molecule has 5 atom stereocenters. The van der Waals surface area contributed by atoms with Gasteiger partial charge >= 0.3 is 0 Å². The van der Waals surface area contributed by atoms with Gasteiger partial charge in [0.2, 0.25) is 12.1 Å². The van der Waals surface area contributed by atoms with Crippen LogP contribution in [0.4, 0.5) is 0 Å². The molecule has 0 radical (unpaired) electrons. The summed E-state index contributed by atoms with van der Waals surface area (Å²) >= 11 is 0. The number of aryl methyl sites for hydroxylation is 1. The number of aliphatic hydroxyl groups excluding tert-OH is 4.